The van der Waals surface area contributed by atoms with E-state index >= 15 is 0 Å². The molecule has 1 heteroatoms. The van der Waals surface area contributed by atoms with Crippen LogP contribution in [-0.4, -0.2) is 6.21 Å². The summed E-state index contributed by atoms with van der Waals surface area (Å²) < 4.78 is 0. The first-order chi connectivity index (χ1) is 7.33. The van der Waals surface area contributed by atoms with Gasteiger partial charge in [0.2, 0.25) is 0 Å². The van der Waals surface area contributed by atoms with Crippen molar-refractivity contribution in [3.8, 4) is 0 Å². The van der Waals surface area contributed by atoms with Crippen LogP contribution < -0.4 is 0 Å². The summed E-state index contributed by atoms with van der Waals surface area (Å²) in [6.07, 6.45) is 1.87. The summed E-state index contributed by atoms with van der Waals surface area (Å²) >= 11 is 0. The molecule has 76 valence electrons. The van der Waals surface area contributed by atoms with Crippen molar-refractivity contribution >= 4 is 17.0 Å². The van der Waals surface area contributed by atoms with Gasteiger partial charge in [0.15, 0.2) is 0 Å². The second kappa shape index (κ2) is 4.26. The first kappa shape index (κ1) is 9.91. The first-order valence-corrected chi connectivity index (χ1v) is 5.28. The van der Waals surface area contributed by atoms with Crippen LogP contribution in [0.5, 0.6) is 0 Å². The van der Waals surface area contributed by atoms with Crippen LogP contribution in [0.15, 0.2) is 47.5 Å². The average Bonchev–Trinajstić information content (AvgIpc) is 2.28. The topological polar surface area (TPSA) is 12.4 Å². The van der Waals surface area contributed by atoms with Gasteiger partial charge in [-0.25, -0.2) is 0 Å². The van der Waals surface area contributed by atoms with Gasteiger partial charge in [-0.05, 0) is 36.4 Å². The molecule has 0 bridgehead atoms. The molecule has 0 saturated carbocycles. The van der Waals surface area contributed by atoms with E-state index in [4.69, 9.17) is 0 Å². The van der Waals surface area contributed by atoms with E-state index in [2.05, 4.69) is 54.4 Å². The van der Waals surface area contributed by atoms with Crippen LogP contribution >= 0.6 is 0 Å². The van der Waals surface area contributed by atoms with Crippen molar-refractivity contribution in [2.75, 3.05) is 0 Å². The summed E-state index contributed by atoms with van der Waals surface area (Å²) in [6, 6.07) is 15.1. The summed E-state index contributed by atoms with van der Waals surface area (Å²) in [6.45, 7) is 4.09. The van der Waals surface area contributed by atoms with Gasteiger partial charge in [0, 0.05) is 0 Å². The standard InChI is InChI=1S/C14H15N/c1-3-15-11(2)13-10-6-8-12-7-4-5-9-14(12)13/h3-11H,1-2H3/t11-/m1/s1. The minimum atomic E-state index is 0.237. The van der Waals surface area contributed by atoms with E-state index in [1.807, 2.05) is 13.1 Å². The third-order valence-electron chi connectivity index (χ3n) is 2.65. The lowest BCUT2D eigenvalue weighted by molar-refractivity contribution is 0.833. The smallest absolute Gasteiger partial charge is 0.0722 e. The van der Waals surface area contributed by atoms with E-state index in [-0.39, 0.29) is 6.04 Å². The van der Waals surface area contributed by atoms with Crippen molar-refractivity contribution in [1.82, 2.24) is 0 Å². The fourth-order valence-electron chi connectivity index (χ4n) is 1.92. The summed E-state index contributed by atoms with van der Waals surface area (Å²) in [4.78, 5) is 4.42. The maximum absolute atomic E-state index is 4.42. The van der Waals surface area contributed by atoms with Crippen molar-refractivity contribution in [2.45, 2.75) is 19.9 Å². The number of aliphatic imine (C=N–C) groups is 1. The van der Waals surface area contributed by atoms with E-state index in [9.17, 15) is 0 Å². The van der Waals surface area contributed by atoms with E-state index < -0.39 is 0 Å². The van der Waals surface area contributed by atoms with Gasteiger partial charge in [0.05, 0.1) is 6.04 Å². The molecule has 0 aliphatic rings. The number of hydrogen-bond donors (Lipinski definition) is 0. The Morgan fingerprint density at radius 3 is 2.60 bits per heavy atom. The molecule has 0 radical (unpaired) electrons. The highest BCUT2D eigenvalue weighted by atomic mass is 14.7. The second-order valence-electron chi connectivity index (χ2n) is 3.65. The highest BCUT2D eigenvalue weighted by Crippen LogP contribution is 2.25. The van der Waals surface area contributed by atoms with Crippen LogP contribution in [0, 0.1) is 0 Å². The molecule has 1 nitrogen and oxygen atoms in total. The van der Waals surface area contributed by atoms with Gasteiger partial charge in [0.1, 0.15) is 0 Å². The molecule has 2 rings (SSSR count). The minimum Gasteiger partial charge on any atom is -0.290 e. The van der Waals surface area contributed by atoms with Crippen LogP contribution in [0.1, 0.15) is 25.5 Å². The molecule has 0 heterocycles. The Hall–Kier alpha value is -1.63. The lowest BCUT2D eigenvalue weighted by atomic mass is 10.0. The Labute approximate surface area is 90.5 Å². The number of benzene rings is 2. The molecular formula is C14H15N. The monoisotopic (exact) mass is 197 g/mol. The van der Waals surface area contributed by atoms with E-state index in [0.717, 1.165) is 0 Å². The Kier molecular flexibility index (Phi) is 2.82. The van der Waals surface area contributed by atoms with Gasteiger partial charge in [-0.3, -0.25) is 4.99 Å². The summed E-state index contributed by atoms with van der Waals surface area (Å²) in [5, 5.41) is 2.59. The first-order valence-electron chi connectivity index (χ1n) is 5.28. The highest BCUT2D eigenvalue weighted by molar-refractivity contribution is 5.86. The maximum atomic E-state index is 4.42. The minimum absolute atomic E-state index is 0.237. The predicted molar refractivity (Wildman–Crippen MR) is 66.5 cm³/mol. The molecule has 1 atom stereocenters. The summed E-state index contributed by atoms with van der Waals surface area (Å²) in [5.74, 6) is 0. The van der Waals surface area contributed by atoms with Crippen molar-refractivity contribution in [3.05, 3.63) is 48.0 Å². The summed E-state index contributed by atoms with van der Waals surface area (Å²) in [5.41, 5.74) is 1.30. The molecule has 0 spiro atoms. The molecule has 2 aromatic carbocycles. The fraction of sp³-hybridized carbons (Fsp3) is 0.214. The molecule has 0 unspecified atom stereocenters. The SMILES string of the molecule is CC=N[C@H](C)c1cccc2ccccc12. The fourth-order valence-corrected chi connectivity index (χ4v) is 1.92. The number of nitrogens with zero attached hydrogens (tertiary/aromatic N) is 1. The second-order valence-corrected chi connectivity index (χ2v) is 3.65. The highest BCUT2D eigenvalue weighted by Gasteiger charge is 2.05. The van der Waals surface area contributed by atoms with Crippen LogP contribution in [0.4, 0.5) is 0 Å². The Balaban J connectivity index is 2.60. The average molecular weight is 197 g/mol. The van der Waals surface area contributed by atoms with Crippen LogP contribution in [0.2, 0.25) is 0 Å². The third kappa shape index (κ3) is 1.91. The largest absolute Gasteiger partial charge is 0.290 e. The molecule has 0 aromatic heterocycles. The number of hydrogen-bond acceptors (Lipinski definition) is 1. The van der Waals surface area contributed by atoms with Crippen molar-refractivity contribution in [1.29, 1.82) is 0 Å². The third-order valence-corrected chi connectivity index (χ3v) is 2.65. The quantitative estimate of drug-likeness (QED) is 0.645. The van der Waals surface area contributed by atoms with Gasteiger partial charge in [-0.15, -0.1) is 0 Å². The van der Waals surface area contributed by atoms with Crippen LogP contribution in [-0.2, 0) is 0 Å². The van der Waals surface area contributed by atoms with Gasteiger partial charge in [0.25, 0.3) is 0 Å². The van der Waals surface area contributed by atoms with E-state index in [0.29, 0.717) is 0 Å². The van der Waals surface area contributed by atoms with Crippen LogP contribution in [0.3, 0.4) is 0 Å². The lowest BCUT2D eigenvalue weighted by Gasteiger charge is -2.10. The number of rotatable bonds is 2. The molecule has 0 amide bonds. The zero-order valence-corrected chi connectivity index (χ0v) is 9.14. The molecule has 0 aliphatic carbocycles. The molecule has 2 aromatic rings. The Morgan fingerprint density at radius 1 is 1.07 bits per heavy atom. The van der Waals surface area contributed by atoms with Gasteiger partial charge in [-0.1, -0.05) is 42.5 Å². The van der Waals surface area contributed by atoms with Gasteiger partial charge < -0.3 is 0 Å². The normalized spacial score (nSPS) is 13.5. The van der Waals surface area contributed by atoms with Gasteiger partial charge in [-0.2, -0.15) is 0 Å². The van der Waals surface area contributed by atoms with Crippen LogP contribution in [0.25, 0.3) is 10.8 Å². The van der Waals surface area contributed by atoms with Crippen molar-refractivity contribution in [3.63, 3.8) is 0 Å². The van der Waals surface area contributed by atoms with E-state index in [1.54, 1.807) is 0 Å². The van der Waals surface area contributed by atoms with Gasteiger partial charge >= 0.3 is 0 Å². The van der Waals surface area contributed by atoms with Crippen molar-refractivity contribution in [2.24, 2.45) is 4.99 Å². The Bertz CT molecular complexity index is 480. The molecule has 0 fully saturated rings. The van der Waals surface area contributed by atoms with E-state index in [1.165, 1.54) is 16.3 Å². The summed E-state index contributed by atoms with van der Waals surface area (Å²) in [7, 11) is 0. The lowest BCUT2D eigenvalue weighted by Crippen LogP contribution is -1.91. The predicted octanol–water partition coefficient (Wildman–Crippen LogP) is 3.99. The molecule has 0 aliphatic heterocycles. The zero-order valence-electron chi connectivity index (χ0n) is 9.14. The zero-order chi connectivity index (χ0) is 10.7. The maximum Gasteiger partial charge on any atom is 0.0722 e. The number of fused-ring (bicyclic) bond motifs is 1. The van der Waals surface area contributed by atoms with Crippen molar-refractivity contribution < 1.29 is 0 Å². The molecule has 15 heavy (non-hydrogen) atoms. The molecule has 0 saturated heterocycles. The molecular weight excluding hydrogens is 182 g/mol. The molecule has 0 N–H and O–H groups in total. The Morgan fingerprint density at radius 2 is 1.80 bits per heavy atom.